The Bertz CT molecular complexity index is 1670. The van der Waals surface area contributed by atoms with Gasteiger partial charge in [0, 0.05) is 18.3 Å². The number of hydrogen-bond acceptors (Lipinski definition) is 5. The number of aromatic nitrogens is 4. The second-order valence-electron chi connectivity index (χ2n) is 6.75. The highest BCUT2D eigenvalue weighted by atomic mass is 32.1. The third-order valence-corrected chi connectivity index (χ3v) is 5.74. The number of thiophene rings is 1. The van der Waals surface area contributed by atoms with Gasteiger partial charge in [-0.3, -0.25) is 18.6 Å². The van der Waals surface area contributed by atoms with Crippen LogP contribution in [0.2, 0.25) is 0 Å². The Hall–Kier alpha value is -3.92. The Morgan fingerprint density at radius 1 is 1.00 bits per heavy atom. The van der Waals surface area contributed by atoms with Crippen LogP contribution in [0.5, 0.6) is 0 Å². The van der Waals surface area contributed by atoms with Crippen molar-refractivity contribution in [1.82, 2.24) is 18.5 Å². The van der Waals surface area contributed by atoms with Gasteiger partial charge >= 0.3 is 5.69 Å². The molecule has 0 aliphatic heterocycles. The van der Waals surface area contributed by atoms with Gasteiger partial charge in [0.05, 0.1) is 23.4 Å². The number of nitrogens with zero attached hydrogens (tertiary/aromatic N) is 4. The van der Waals surface area contributed by atoms with Crippen molar-refractivity contribution in [2.75, 3.05) is 0 Å². The molecule has 0 saturated heterocycles. The standard InChI is InChI=1S/C21H12F2N4O3S/c22-12-4-5-14(23)16(9-12)27-20(29)19-15(6-8-31-19)26(21(27)30)11-13-10-18(28)25-7-2-1-3-17(25)24-13/h1-10H,11H2. The van der Waals surface area contributed by atoms with Gasteiger partial charge in [-0.25, -0.2) is 23.1 Å². The minimum atomic E-state index is -0.912. The third kappa shape index (κ3) is 3.08. The van der Waals surface area contributed by atoms with Gasteiger partial charge in [-0.15, -0.1) is 11.3 Å². The number of pyridine rings is 1. The molecule has 0 saturated carbocycles. The summed E-state index contributed by atoms with van der Waals surface area (Å²) in [6.45, 7) is -0.135. The lowest BCUT2D eigenvalue weighted by molar-refractivity contribution is 0.584. The molecule has 1 aromatic carbocycles. The van der Waals surface area contributed by atoms with E-state index >= 15 is 0 Å². The fourth-order valence-electron chi connectivity index (χ4n) is 3.46. The van der Waals surface area contributed by atoms with Crippen molar-refractivity contribution in [1.29, 1.82) is 0 Å². The second-order valence-corrected chi connectivity index (χ2v) is 7.67. The van der Waals surface area contributed by atoms with E-state index in [1.165, 1.54) is 15.0 Å². The Kier molecular flexibility index (Phi) is 4.36. The summed E-state index contributed by atoms with van der Waals surface area (Å²) in [6.07, 6.45) is 1.57. The third-order valence-electron chi connectivity index (χ3n) is 4.85. The summed E-state index contributed by atoms with van der Waals surface area (Å²) < 4.78 is 31.5. The lowest BCUT2D eigenvalue weighted by Gasteiger charge is -2.13. The Morgan fingerprint density at radius 2 is 1.84 bits per heavy atom. The first kappa shape index (κ1) is 19.1. The molecule has 10 heteroatoms. The molecule has 0 fully saturated rings. The molecular formula is C21H12F2N4O3S. The van der Waals surface area contributed by atoms with Crippen LogP contribution >= 0.6 is 11.3 Å². The van der Waals surface area contributed by atoms with E-state index in [0.717, 1.165) is 29.5 Å². The summed E-state index contributed by atoms with van der Waals surface area (Å²) in [7, 11) is 0. The second kappa shape index (κ2) is 7.10. The summed E-state index contributed by atoms with van der Waals surface area (Å²) in [5.74, 6) is -1.70. The summed E-state index contributed by atoms with van der Waals surface area (Å²) in [5.41, 5.74) is -1.43. The van der Waals surface area contributed by atoms with Crippen LogP contribution in [0.3, 0.4) is 0 Å². The Morgan fingerprint density at radius 3 is 2.68 bits per heavy atom. The smallest absolute Gasteiger partial charge is 0.286 e. The maximum atomic E-state index is 14.4. The van der Waals surface area contributed by atoms with Crippen LogP contribution in [0.4, 0.5) is 8.78 Å². The quantitative estimate of drug-likeness (QED) is 0.434. The molecule has 7 nitrogen and oxygen atoms in total. The van der Waals surface area contributed by atoms with Gasteiger partial charge in [0.15, 0.2) is 0 Å². The molecule has 5 aromatic rings. The topological polar surface area (TPSA) is 78.4 Å². The van der Waals surface area contributed by atoms with E-state index in [4.69, 9.17) is 0 Å². The highest BCUT2D eigenvalue weighted by Gasteiger charge is 2.19. The summed E-state index contributed by atoms with van der Waals surface area (Å²) in [6, 6.07) is 10.5. The normalized spacial score (nSPS) is 11.4. The number of benzene rings is 1. The van der Waals surface area contributed by atoms with Crippen molar-refractivity contribution in [3.8, 4) is 5.69 Å². The lowest BCUT2D eigenvalue weighted by Crippen LogP contribution is -2.39. The molecule has 4 aromatic heterocycles. The summed E-state index contributed by atoms with van der Waals surface area (Å²) >= 11 is 1.08. The van der Waals surface area contributed by atoms with Gasteiger partial charge in [-0.1, -0.05) is 6.07 Å². The van der Waals surface area contributed by atoms with Crippen LogP contribution in [0.25, 0.3) is 21.6 Å². The molecule has 0 spiro atoms. The predicted molar refractivity (Wildman–Crippen MR) is 112 cm³/mol. The molecule has 0 bridgehead atoms. The van der Waals surface area contributed by atoms with Crippen molar-refractivity contribution in [2.45, 2.75) is 6.54 Å². The molecule has 0 aliphatic rings. The molecule has 0 N–H and O–H groups in total. The molecule has 0 amide bonds. The number of halogens is 2. The molecule has 0 atom stereocenters. The van der Waals surface area contributed by atoms with Crippen LogP contribution in [0.15, 0.2) is 74.5 Å². The van der Waals surface area contributed by atoms with E-state index in [9.17, 15) is 23.2 Å². The van der Waals surface area contributed by atoms with E-state index < -0.39 is 28.6 Å². The monoisotopic (exact) mass is 438 g/mol. The van der Waals surface area contributed by atoms with Gasteiger partial charge in [-0.2, -0.15) is 0 Å². The summed E-state index contributed by atoms with van der Waals surface area (Å²) in [5, 5.41) is 1.62. The Balaban J connectivity index is 1.78. The number of rotatable bonds is 3. The predicted octanol–water partition coefficient (Wildman–Crippen LogP) is 2.55. The molecular weight excluding hydrogens is 426 g/mol. The van der Waals surface area contributed by atoms with Crippen LogP contribution in [-0.4, -0.2) is 18.5 Å². The van der Waals surface area contributed by atoms with Crippen LogP contribution in [0.1, 0.15) is 5.69 Å². The zero-order valence-corrected chi connectivity index (χ0v) is 16.5. The van der Waals surface area contributed by atoms with Crippen molar-refractivity contribution in [3.63, 3.8) is 0 Å². The average Bonchev–Trinajstić information content (AvgIpc) is 3.24. The molecule has 4 heterocycles. The first-order valence-electron chi connectivity index (χ1n) is 9.10. The zero-order chi connectivity index (χ0) is 21.7. The molecule has 5 rings (SSSR count). The highest BCUT2D eigenvalue weighted by molar-refractivity contribution is 7.17. The SMILES string of the molecule is O=c1c2sccc2n(Cc2cc(=O)n3ccccc3n2)c(=O)n1-c1cc(F)ccc1F. The first-order chi connectivity index (χ1) is 14.9. The van der Waals surface area contributed by atoms with Crippen molar-refractivity contribution >= 4 is 27.2 Å². The average molecular weight is 438 g/mol. The van der Waals surface area contributed by atoms with E-state index in [1.54, 1.807) is 35.8 Å². The van der Waals surface area contributed by atoms with Gasteiger partial charge in [0.2, 0.25) is 0 Å². The molecule has 154 valence electrons. The summed E-state index contributed by atoms with van der Waals surface area (Å²) in [4.78, 5) is 43.0. The van der Waals surface area contributed by atoms with Crippen LogP contribution in [0, 0.1) is 11.6 Å². The maximum absolute atomic E-state index is 14.4. The first-order valence-corrected chi connectivity index (χ1v) is 9.98. The fraction of sp³-hybridized carbons (Fsp3) is 0.0476. The van der Waals surface area contributed by atoms with Crippen molar-refractivity contribution < 1.29 is 8.78 Å². The van der Waals surface area contributed by atoms with Crippen molar-refractivity contribution in [3.05, 3.63) is 109 Å². The van der Waals surface area contributed by atoms with Crippen LogP contribution in [-0.2, 0) is 6.54 Å². The van der Waals surface area contributed by atoms with E-state index in [-0.39, 0.29) is 22.5 Å². The van der Waals surface area contributed by atoms with Crippen molar-refractivity contribution in [2.24, 2.45) is 0 Å². The molecule has 0 radical (unpaired) electrons. The number of hydrogen-bond donors (Lipinski definition) is 0. The minimum Gasteiger partial charge on any atom is -0.286 e. The van der Waals surface area contributed by atoms with E-state index in [0.29, 0.717) is 15.7 Å². The van der Waals surface area contributed by atoms with E-state index in [2.05, 4.69) is 4.98 Å². The largest absolute Gasteiger partial charge is 0.336 e. The molecule has 31 heavy (non-hydrogen) atoms. The highest BCUT2D eigenvalue weighted by Crippen LogP contribution is 2.18. The molecule has 0 aliphatic carbocycles. The van der Waals surface area contributed by atoms with Gasteiger partial charge < -0.3 is 0 Å². The van der Waals surface area contributed by atoms with Gasteiger partial charge in [-0.05, 0) is 35.7 Å². The zero-order valence-electron chi connectivity index (χ0n) is 15.7. The van der Waals surface area contributed by atoms with E-state index in [1.807, 2.05) is 0 Å². The maximum Gasteiger partial charge on any atom is 0.336 e. The Labute approximate surface area is 175 Å². The number of fused-ring (bicyclic) bond motifs is 2. The van der Waals surface area contributed by atoms with Crippen LogP contribution < -0.4 is 16.8 Å². The van der Waals surface area contributed by atoms with Gasteiger partial charge in [0.1, 0.15) is 22.0 Å². The molecule has 0 unspecified atom stereocenters. The minimum absolute atomic E-state index is 0.135. The lowest BCUT2D eigenvalue weighted by atomic mass is 10.3. The fourth-order valence-corrected chi connectivity index (χ4v) is 4.28. The van der Waals surface area contributed by atoms with Gasteiger partial charge in [0.25, 0.3) is 11.1 Å².